The molecule has 1 amide bonds. The fourth-order valence-electron chi connectivity index (χ4n) is 1.96. The van der Waals surface area contributed by atoms with Crippen molar-refractivity contribution in [2.75, 3.05) is 26.2 Å². The summed E-state index contributed by atoms with van der Waals surface area (Å²) in [6, 6.07) is 0.403. The van der Waals surface area contributed by atoms with Gasteiger partial charge in [0.25, 0.3) is 0 Å². The van der Waals surface area contributed by atoms with E-state index in [4.69, 9.17) is 4.74 Å². The number of hydrogen-bond donors (Lipinski definition) is 1. The molecule has 2 atom stereocenters. The summed E-state index contributed by atoms with van der Waals surface area (Å²) >= 11 is 0. The van der Waals surface area contributed by atoms with Crippen molar-refractivity contribution in [2.45, 2.75) is 52.2 Å². The normalized spacial score (nSPS) is 21.5. The van der Waals surface area contributed by atoms with Crippen LogP contribution in [0, 0.1) is 0 Å². The Balaban J connectivity index is 2.29. The molecule has 1 aliphatic heterocycles. The molecule has 0 aromatic carbocycles. The quantitative estimate of drug-likeness (QED) is 0.734. The molecule has 1 rings (SSSR count). The third-order valence-electron chi connectivity index (χ3n) is 3.40. The Morgan fingerprint density at radius 3 is 2.82 bits per heavy atom. The molecule has 1 aliphatic rings. The number of likely N-dealkylation sites (N-methyl/N-ethyl adjacent to an activating group) is 1. The van der Waals surface area contributed by atoms with Gasteiger partial charge in [-0.2, -0.15) is 0 Å². The molecule has 1 N–H and O–H groups in total. The Morgan fingerprint density at radius 1 is 1.53 bits per heavy atom. The Labute approximate surface area is 105 Å². The van der Waals surface area contributed by atoms with Gasteiger partial charge in [0.15, 0.2) is 0 Å². The fraction of sp³-hybridized carbons (Fsp3) is 0.923. The lowest BCUT2D eigenvalue weighted by molar-refractivity contribution is -0.131. The van der Waals surface area contributed by atoms with Crippen molar-refractivity contribution in [1.82, 2.24) is 10.2 Å². The van der Waals surface area contributed by atoms with E-state index in [9.17, 15) is 4.79 Å². The zero-order valence-corrected chi connectivity index (χ0v) is 11.4. The highest BCUT2D eigenvalue weighted by Crippen LogP contribution is 2.13. The minimum atomic E-state index is 0.184. The molecular formula is C13H26N2O2. The van der Waals surface area contributed by atoms with Gasteiger partial charge in [-0.15, -0.1) is 0 Å². The lowest BCUT2D eigenvalue weighted by atomic mass is 10.2. The molecule has 0 spiro atoms. The fourth-order valence-corrected chi connectivity index (χ4v) is 1.96. The largest absolute Gasteiger partial charge is 0.376 e. The van der Waals surface area contributed by atoms with Gasteiger partial charge in [0, 0.05) is 25.7 Å². The third-order valence-corrected chi connectivity index (χ3v) is 3.40. The van der Waals surface area contributed by atoms with E-state index in [1.165, 1.54) is 0 Å². The molecule has 4 nitrogen and oxygen atoms in total. The van der Waals surface area contributed by atoms with Crippen LogP contribution in [0.25, 0.3) is 0 Å². The number of carbonyl (C=O) groups is 1. The van der Waals surface area contributed by atoms with Crippen molar-refractivity contribution in [2.24, 2.45) is 0 Å². The molecule has 4 heteroatoms. The Hall–Kier alpha value is -0.610. The summed E-state index contributed by atoms with van der Waals surface area (Å²) in [7, 11) is 0. The zero-order chi connectivity index (χ0) is 12.7. The number of hydrogen-bond acceptors (Lipinski definition) is 3. The molecule has 0 aromatic heterocycles. The first-order chi connectivity index (χ1) is 8.17. The first kappa shape index (κ1) is 14.5. The number of nitrogens with one attached hydrogen (secondary N) is 1. The van der Waals surface area contributed by atoms with E-state index in [0.29, 0.717) is 12.6 Å². The SMILES string of the molecule is CCC(C)NCC(=O)N(CC)CC1CCCO1. The van der Waals surface area contributed by atoms with Crippen LogP contribution in [0.3, 0.4) is 0 Å². The number of ether oxygens (including phenoxy) is 1. The van der Waals surface area contributed by atoms with Gasteiger partial charge in [-0.3, -0.25) is 4.79 Å². The summed E-state index contributed by atoms with van der Waals surface area (Å²) in [5, 5.41) is 3.24. The monoisotopic (exact) mass is 242 g/mol. The maximum Gasteiger partial charge on any atom is 0.236 e. The van der Waals surface area contributed by atoms with Crippen molar-refractivity contribution in [1.29, 1.82) is 0 Å². The lowest BCUT2D eigenvalue weighted by Crippen LogP contribution is -2.43. The maximum atomic E-state index is 12.0. The van der Waals surface area contributed by atoms with Crippen molar-refractivity contribution < 1.29 is 9.53 Å². The van der Waals surface area contributed by atoms with Crippen molar-refractivity contribution in [3.8, 4) is 0 Å². The van der Waals surface area contributed by atoms with Gasteiger partial charge >= 0.3 is 0 Å². The van der Waals surface area contributed by atoms with E-state index in [1.807, 2.05) is 11.8 Å². The van der Waals surface area contributed by atoms with E-state index in [0.717, 1.165) is 39.0 Å². The summed E-state index contributed by atoms with van der Waals surface area (Å²) in [4.78, 5) is 13.9. The van der Waals surface area contributed by atoms with E-state index in [2.05, 4.69) is 19.2 Å². The molecular weight excluding hydrogens is 216 g/mol. The summed E-state index contributed by atoms with van der Waals surface area (Å²) in [6.45, 7) is 9.04. The first-order valence-electron chi connectivity index (χ1n) is 6.80. The molecule has 100 valence electrons. The van der Waals surface area contributed by atoms with Crippen molar-refractivity contribution in [3.05, 3.63) is 0 Å². The van der Waals surface area contributed by atoms with Gasteiger partial charge < -0.3 is 15.0 Å². The van der Waals surface area contributed by atoms with Gasteiger partial charge in [0.2, 0.25) is 5.91 Å². The Morgan fingerprint density at radius 2 is 2.29 bits per heavy atom. The Bertz CT molecular complexity index is 227. The third kappa shape index (κ3) is 5.04. The van der Waals surface area contributed by atoms with Crippen LogP contribution in [0.1, 0.15) is 40.0 Å². The second-order valence-electron chi connectivity index (χ2n) is 4.76. The van der Waals surface area contributed by atoms with Crippen LogP contribution >= 0.6 is 0 Å². The van der Waals surface area contributed by atoms with Crippen LogP contribution in [0.5, 0.6) is 0 Å². The van der Waals surface area contributed by atoms with Crippen LogP contribution < -0.4 is 5.32 Å². The molecule has 17 heavy (non-hydrogen) atoms. The van der Waals surface area contributed by atoms with Crippen LogP contribution in [0.2, 0.25) is 0 Å². The summed E-state index contributed by atoms with van der Waals surface area (Å²) in [5.41, 5.74) is 0. The summed E-state index contributed by atoms with van der Waals surface area (Å²) < 4.78 is 5.57. The van der Waals surface area contributed by atoms with Gasteiger partial charge in [-0.05, 0) is 33.1 Å². The molecule has 0 aliphatic carbocycles. The zero-order valence-electron chi connectivity index (χ0n) is 11.4. The van der Waals surface area contributed by atoms with Crippen molar-refractivity contribution in [3.63, 3.8) is 0 Å². The van der Waals surface area contributed by atoms with E-state index >= 15 is 0 Å². The van der Waals surface area contributed by atoms with Crippen LogP contribution in [0.4, 0.5) is 0 Å². The highest BCUT2D eigenvalue weighted by molar-refractivity contribution is 5.78. The lowest BCUT2D eigenvalue weighted by Gasteiger charge is -2.24. The number of amides is 1. The van der Waals surface area contributed by atoms with Gasteiger partial charge in [0.1, 0.15) is 0 Å². The maximum absolute atomic E-state index is 12.0. The molecule has 0 radical (unpaired) electrons. The van der Waals surface area contributed by atoms with E-state index in [-0.39, 0.29) is 12.0 Å². The second kappa shape index (κ2) is 7.67. The minimum absolute atomic E-state index is 0.184. The molecule has 2 unspecified atom stereocenters. The smallest absolute Gasteiger partial charge is 0.236 e. The second-order valence-corrected chi connectivity index (χ2v) is 4.76. The predicted octanol–water partition coefficient (Wildman–Crippen LogP) is 1.40. The predicted molar refractivity (Wildman–Crippen MR) is 69.0 cm³/mol. The molecule has 1 heterocycles. The highest BCUT2D eigenvalue weighted by Gasteiger charge is 2.21. The van der Waals surface area contributed by atoms with E-state index < -0.39 is 0 Å². The van der Waals surface area contributed by atoms with Gasteiger partial charge in [-0.25, -0.2) is 0 Å². The molecule has 0 bridgehead atoms. The van der Waals surface area contributed by atoms with E-state index in [1.54, 1.807) is 0 Å². The standard InChI is InChI=1S/C13H26N2O2/c1-4-11(3)14-9-13(16)15(5-2)10-12-7-6-8-17-12/h11-12,14H,4-10H2,1-3H3. The minimum Gasteiger partial charge on any atom is -0.376 e. The number of rotatable bonds is 7. The Kier molecular flexibility index (Phi) is 6.52. The molecule has 1 fully saturated rings. The first-order valence-corrected chi connectivity index (χ1v) is 6.80. The van der Waals surface area contributed by atoms with Crippen LogP contribution in [-0.2, 0) is 9.53 Å². The van der Waals surface area contributed by atoms with Crippen molar-refractivity contribution >= 4 is 5.91 Å². The molecule has 0 saturated carbocycles. The number of carbonyl (C=O) groups excluding carboxylic acids is 1. The average Bonchev–Trinajstić information content (AvgIpc) is 2.85. The van der Waals surface area contributed by atoms with Crippen LogP contribution in [0.15, 0.2) is 0 Å². The average molecular weight is 242 g/mol. The van der Waals surface area contributed by atoms with Gasteiger partial charge in [0.05, 0.1) is 12.6 Å². The van der Waals surface area contributed by atoms with Gasteiger partial charge in [-0.1, -0.05) is 6.92 Å². The highest BCUT2D eigenvalue weighted by atomic mass is 16.5. The summed E-state index contributed by atoms with van der Waals surface area (Å²) in [6.07, 6.45) is 3.51. The topological polar surface area (TPSA) is 41.6 Å². The number of nitrogens with zero attached hydrogens (tertiary/aromatic N) is 1. The summed E-state index contributed by atoms with van der Waals surface area (Å²) in [5.74, 6) is 0.184. The van der Waals surface area contributed by atoms with Crippen LogP contribution in [-0.4, -0.2) is 49.2 Å². The molecule has 1 saturated heterocycles. The molecule has 0 aromatic rings.